The summed E-state index contributed by atoms with van der Waals surface area (Å²) < 4.78 is 10.9. The van der Waals surface area contributed by atoms with E-state index in [-0.39, 0.29) is 5.75 Å². The number of nitrogens with zero attached hydrogens (tertiary/aromatic N) is 2. The van der Waals surface area contributed by atoms with Crippen LogP contribution >= 0.6 is 11.3 Å². The second kappa shape index (κ2) is 5.81. The molecule has 1 N–H and O–H groups in total. The molecule has 6 nitrogen and oxygen atoms in total. The van der Waals surface area contributed by atoms with Crippen LogP contribution in [0.15, 0.2) is 31.2 Å². The molecule has 0 aliphatic heterocycles. The van der Waals surface area contributed by atoms with Crippen molar-refractivity contribution in [2.75, 3.05) is 0 Å². The van der Waals surface area contributed by atoms with Gasteiger partial charge in [0.2, 0.25) is 0 Å². The fourth-order valence-electron chi connectivity index (χ4n) is 3.05. The first-order valence-electron chi connectivity index (χ1n) is 8.03. The summed E-state index contributed by atoms with van der Waals surface area (Å²) in [7, 11) is 0. The Kier molecular flexibility index (Phi) is 3.69. The first-order valence-corrected chi connectivity index (χ1v) is 8.91. The molecule has 3 aromatic heterocycles. The Balaban J connectivity index is 2.05. The van der Waals surface area contributed by atoms with Crippen LogP contribution in [-0.2, 0) is 0 Å². The average molecular weight is 368 g/mol. The van der Waals surface area contributed by atoms with Crippen LogP contribution in [0, 0.1) is 27.7 Å². The number of aromatic nitrogens is 2. The highest BCUT2D eigenvalue weighted by atomic mass is 32.1. The molecule has 0 bridgehead atoms. The van der Waals surface area contributed by atoms with Crippen molar-refractivity contribution in [1.29, 1.82) is 0 Å². The molecule has 0 radical (unpaired) electrons. The minimum atomic E-state index is -0.445. The van der Waals surface area contributed by atoms with Gasteiger partial charge >= 0.3 is 5.63 Å². The van der Waals surface area contributed by atoms with Crippen LogP contribution in [0.1, 0.15) is 22.5 Å². The van der Waals surface area contributed by atoms with E-state index in [1.807, 2.05) is 26.2 Å². The van der Waals surface area contributed by atoms with Gasteiger partial charge < -0.3 is 14.0 Å². The largest absolute Gasteiger partial charge is 0.507 e. The Hall–Kier alpha value is -2.93. The zero-order valence-corrected chi connectivity index (χ0v) is 15.5. The number of rotatable bonds is 2. The topological polar surface area (TPSA) is 89.4 Å². The van der Waals surface area contributed by atoms with Gasteiger partial charge in [-0.15, -0.1) is 11.3 Å². The number of hydrogen-bond donors (Lipinski definition) is 1. The molecule has 4 aromatic rings. The van der Waals surface area contributed by atoms with Crippen LogP contribution < -0.4 is 5.63 Å². The van der Waals surface area contributed by atoms with Gasteiger partial charge in [0, 0.05) is 28.1 Å². The van der Waals surface area contributed by atoms with Crippen molar-refractivity contribution in [2.45, 2.75) is 27.7 Å². The van der Waals surface area contributed by atoms with Crippen molar-refractivity contribution in [3.8, 4) is 27.6 Å². The Morgan fingerprint density at radius 2 is 1.92 bits per heavy atom. The maximum Gasteiger partial charge on any atom is 0.336 e. The predicted octanol–water partition coefficient (Wildman–Crippen LogP) is 4.51. The van der Waals surface area contributed by atoms with E-state index >= 15 is 0 Å². The van der Waals surface area contributed by atoms with Gasteiger partial charge in [0.1, 0.15) is 16.3 Å². The van der Waals surface area contributed by atoms with Crippen molar-refractivity contribution in [3.63, 3.8) is 0 Å². The van der Waals surface area contributed by atoms with Gasteiger partial charge in [0.05, 0.1) is 16.8 Å². The minimum Gasteiger partial charge on any atom is -0.507 e. The van der Waals surface area contributed by atoms with Gasteiger partial charge in [0.25, 0.3) is 0 Å². The van der Waals surface area contributed by atoms with Crippen molar-refractivity contribution in [3.05, 3.63) is 50.4 Å². The van der Waals surface area contributed by atoms with Gasteiger partial charge in [0.15, 0.2) is 5.76 Å². The smallest absolute Gasteiger partial charge is 0.336 e. The normalized spacial score (nSPS) is 11.4. The van der Waals surface area contributed by atoms with E-state index in [0.717, 1.165) is 27.2 Å². The average Bonchev–Trinajstić information content (AvgIpc) is 3.17. The van der Waals surface area contributed by atoms with Gasteiger partial charge in [-0.2, -0.15) is 0 Å². The lowest BCUT2D eigenvalue weighted by molar-refractivity contribution is 0.421. The van der Waals surface area contributed by atoms with Gasteiger partial charge in [-0.25, -0.2) is 9.78 Å². The molecule has 0 spiro atoms. The lowest BCUT2D eigenvalue weighted by Gasteiger charge is -2.10. The summed E-state index contributed by atoms with van der Waals surface area (Å²) in [5.41, 5.74) is 4.04. The summed E-state index contributed by atoms with van der Waals surface area (Å²) in [6.07, 6.45) is 0. The quantitative estimate of drug-likeness (QED) is 0.524. The van der Waals surface area contributed by atoms with E-state index in [1.54, 1.807) is 13.0 Å². The summed E-state index contributed by atoms with van der Waals surface area (Å²) >= 11 is 1.50. The fraction of sp³-hybridized carbons (Fsp3) is 0.211. The molecule has 0 amide bonds. The molecule has 7 heteroatoms. The van der Waals surface area contributed by atoms with Crippen LogP contribution in [-0.4, -0.2) is 15.2 Å². The molecule has 4 rings (SSSR count). The van der Waals surface area contributed by atoms with E-state index in [1.165, 1.54) is 17.4 Å². The maximum absolute atomic E-state index is 11.7. The molecule has 0 fully saturated rings. The second-order valence-electron chi connectivity index (χ2n) is 6.29. The number of fused-ring (bicyclic) bond motifs is 1. The van der Waals surface area contributed by atoms with Crippen molar-refractivity contribution >= 4 is 22.3 Å². The standard InChI is InChI=1S/C19H16N2O4S/c1-8-5-14(22)24-17-10(3)16(23)13(6-12(8)17)18-15(11(4)21-25-18)19-20-9(2)7-26-19/h5-7,23H,1-4H3. The highest BCUT2D eigenvalue weighted by Gasteiger charge is 2.24. The molecule has 0 saturated carbocycles. The van der Waals surface area contributed by atoms with Crippen molar-refractivity contribution in [2.24, 2.45) is 0 Å². The molecular formula is C19H16N2O4S. The minimum absolute atomic E-state index is 0.00284. The molecule has 0 atom stereocenters. The lowest BCUT2D eigenvalue weighted by Crippen LogP contribution is -1.99. The predicted molar refractivity (Wildman–Crippen MR) is 99.7 cm³/mol. The summed E-state index contributed by atoms with van der Waals surface area (Å²) in [5.74, 6) is 0.446. The molecule has 0 unspecified atom stereocenters. The first-order chi connectivity index (χ1) is 12.4. The molecule has 26 heavy (non-hydrogen) atoms. The van der Waals surface area contributed by atoms with Crippen molar-refractivity contribution < 1.29 is 14.0 Å². The fourth-order valence-corrected chi connectivity index (χ4v) is 3.94. The number of phenols is 1. The summed E-state index contributed by atoms with van der Waals surface area (Å²) in [6, 6.07) is 3.19. The van der Waals surface area contributed by atoms with E-state index in [2.05, 4.69) is 10.1 Å². The number of phenolic OH excluding ortho intramolecular Hbond substituents is 1. The monoisotopic (exact) mass is 368 g/mol. The third kappa shape index (κ3) is 2.43. The SMILES string of the molecule is Cc1csc(-c2c(C)noc2-c2cc3c(C)cc(=O)oc3c(C)c2O)n1. The van der Waals surface area contributed by atoms with Crippen molar-refractivity contribution in [1.82, 2.24) is 10.1 Å². The number of thiazole rings is 1. The highest BCUT2D eigenvalue weighted by Crippen LogP contribution is 2.43. The molecule has 0 aliphatic carbocycles. The number of hydrogen-bond acceptors (Lipinski definition) is 7. The van der Waals surface area contributed by atoms with Gasteiger partial charge in [-0.05, 0) is 39.3 Å². The maximum atomic E-state index is 11.7. The molecule has 0 aliphatic rings. The van der Waals surface area contributed by atoms with Gasteiger partial charge in [-0.3, -0.25) is 0 Å². The van der Waals surface area contributed by atoms with E-state index in [4.69, 9.17) is 8.94 Å². The van der Waals surface area contributed by atoms with E-state index < -0.39 is 5.63 Å². The molecule has 1 aromatic carbocycles. The third-order valence-electron chi connectivity index (χ3n) is 4.39. The number of aryl methyl sites for hydroxylation is 4. The highest BCUT2D eigenvalue weighted by molar-refractivity contribution is 7.13. The van der Waals surface area contributed by atoms with Crippen LogP contribution in [0.5, 0.6) is 5.75 Å². The Bertz CT molecular complexity index is 1220. The Morgan fingerprint density at radius 1 is 1.15 bits per heavy atom. The Labute approximate surface area is 152 Å². The summed E-state index contributed by atoms with van der Waals surface area (Å²) in [4.78, 5) is 16.2. The number of benzene rings is 1. The lowest BCUT2D eigenvalue weighted by atomic mass is 9.98. The van der Waals surface area contributed by atoms with Crippen LogP contribution in [0.25, 0.3) is 32.9 Å². The Morgan fingerprint density at radius 3 is 2.62 bits per heavy atom. The molecule has 3 heterocycles. The summed E-state index contributed by atoms with van der Waals surface area (Å²) in [6.45, 7) is 7.30. The van der Waals surface area contributed by atoms with E-state index in [0.29, 0.717) is 28.2 Å². The van der Waals surface area contributed by atoms with Gasteiger partial charge in [-0.1, -0.05) is 5.16 Å². The number of aromatic hydroxyl groups is 1. The molecular weight excluding hydrogens is 352 g/mol. The molecule has 132 valence electrons. The molecule has 0 saturated heterocycles. The second-order valence-corrected chi connectivity index (χ2v) is 7.15. The summed E-state index contributed by atoms with van der Waals surface area (Å²) in [5, 5.41) is 18.3. The van der Waals surface area contributed by atoms with Crippen LogP contribution in [0.4, 0.5) is 0 Å². The zero-order valence-electron chi connectivity index (χ0n) is 14.7. The van der Waals surface area contributed by atoms with Crippen LogP contribution in [0.3, 0.4) is 0 Å². The van der Waals surface area contributed by atoms with Crippen LogP contribution in [0.2, 0.25) is 0 Å². The third-order valence-corrected chi connectivity index (χ3v) is 5.36. The first kappa shape index (κ1) is 16.5. The van der Waals surface area contributed by atoms with E-state index in [9.17, 15) is 9.90 Å². The zero-order chi connectivity index (χ0) is 18.6.